The lowest BCUT2D eigenvalue weighted by molar-refractivity contribution is 0.270. The highest BCUT2D eigenvalue weighted by molar-refractivity contribution is 5.44. The number of likely N-dealkylation sites (N-methyl/N-ethyl adjacent to an activating group) is 1. The molecule has 1 aromatic rings. The predicted molar refractivity (Wildman–Crippen MR) is 70.5 cm³/mol. The monoisotopic (exact) mass is 235 g/mol. The van der Waals surface area contributed by atoms with Crippen molar-refractivity contribution in [3.63, 3.8) is 0 Å². The van der Waals surface area contributed by atoms with Crippen molar-refractivity contribution in [3.05, 3.63) is 12.4 Å². The van der Waals surface area contributed by atoms with Crippen molar-refractivity contribution in [1.82, 2.24) is 14.9 Å². The van der Waals surface area contributed by atoms with Crippen LogP contribution in [0.5, 0.6) is 0 Å². The van der Waals surface area contributed by atoms with Crippen molar-refractivity contribution in [1.29, 1.82) is 0 Å². The Kier molecular flexibility index (Phi) is 4.14. The molecule has 0 aromatic carbocycles. The normalized spacial score (nSPS) is 17.2. The van der Waals surface area contributed by atoms with E-state index in [0.717, 1.165) is 50.9 Å². The first-order chi connectivity index (χ1) is 8.33. The molecule has 2 heterocycles. The molecule has 94 valence electrons. The summed E-state index contributed by atoms with van der Waals surface area (Å²) >= 11 is 0. The SMILES string of the molecule is CCNc1cncc(N2CCN(CC)CC2)n1. The molecular formula is C12H21N5. The van der Waals surface area contributed by atoms with E-state index in [9.17, 15) is 0 Å². The topological polar surface area (TPSA) is 44.3 Å². The van der Waals surface area contributed by atoms with E-state index in [2.05, 4.69) is 38.9 Å². The van der Waals surface area contributed by atoms with E-state index < -0.39 is 0 Å². The van der Waals surface area contributed by atoms with Crippen LogP contribution in [0.25, 0.3) is 0 Å². The lowest BCUT2D eigenvalue weighted by Gasteiger charge is -2.34. The third-order valence-corrected chi connectivity index (χ3v) is 3.12. The van der Waals surface area contributed by atoms with Crippen LogP contribution in [-0.4, -0.2) is 54.1 Å². The van der Waals surface area contributed by atoms with Crippen molar-refractivity contribution in [2.75, 3.05) is 49.5 Å². The molecule has 5 nitrogen and oxygen atoms in total. The Balaban J connectivity index is 2.00. The Morgan fingerprint density at radius 1 is 1.18 bits per heavy atom. The summed E-state index contributed by atoms with van der Waals surface area (Å²) in [6.07, 6.45) is 3.62. The number of nitrogens with one attached hydrogen (secondary N) is 1. The van der Waals surface area contributed by atoms with Crippen molar-refractivity contribution in [2.24, 2.45) is 0 Å². The molecule has 0 amide bonds. The first kappa shape index (κ1) is 12.1. The molecule has 0 spiro atoms. The lowest BCUT2D eigenvalue weighted by atomic mass is 10.3. The van der Waals surface area contributed by atoms with Gasteiger partial charge in [0.05, 0.1) is 12.4 Å². The Morgan fingerprint density at radius 2 is 1.94 bits per heavy atom. The second-order valence-corrected chi connectivity index (χ2v) is 4.21. The molecule has 17 heavy (non-hydrogen) atoms. The van der Waals surface area contributed by atoms with Crippen LogP contribution in [0.1, 0.15) is 13.8 Å². The van der Waals surface area contributed by atoms with Crippen molar-refractivity contribution in [3.8, 4) is 0 Å². The summed E-state index contributed by atoms with van der Waals surface area (Å²) in [5.74, 6) is 1.85. The van der Waals surface area contributed by atoms with E-state index in [1.807, 2.05) is 6.20 Å². The summed E-state index contributed by atoms with van der Waals surface area (Å²) in [6, 6.07) is 0. The molecule has 0 aliphatic carbocycles. The van der Waals surface area contributed by atoms with Gasteiger partial charge < -0.3 is 15.1 Å². The van der Waals surface area contributed by atoms with E-state index in [0.29, 0.717) is 0 Å². The minimum absolute atomic E-state index is 0.864. The zero-order chi connectivity index (χ0) is 12.1. The number of hydrogen-bond acceptors (Lipinski definition) is 5. The van der Waals surface area contributed by atoms with Gasteiger partial charge in [-0.25, -0.2) is 4.98 Å². The first-order valence-corrected chi connectivity index (χ1v) is 6.36. The van der Waals surface area contributed by atoms with Gasteiger partial charge in [-0.3, -0.25) is 4.98 Å². The molecule has 1 fully saturated rings. The molecule has 0 bridgehead atoms. The zero-order valence-corrected chi connectivity index (χ0v) is 10.7. The highest BCUT2D eigenvalue weighted by Gasteiger charge is 2.16. The van der Waals surface area contributed by atoms with Gasteiger partial charge >= 0.3 is 0 Å². The van der Waals surface area contributed by atoms with E-state index in [-0.39, 0.29) is 0 Å². The number of hydrogen-bond donors (Lipinski definition) is 1. The van der Waals surface area contributed by atoms with Crippen LogP contribution < -0.4 is 10.2 Å². The molecule has 1 aliphatic heterocycles. The number of aromatic nitrogens is 2. The van der Waals surface area contributed by atoms with Crippen LogP contribution in [0, 0.1) is 0 Å². The Bertz CT molecular complexity index is 347. The van der Waals surface area contributed by atoms with Crippen LogP contribution in [-0.2, 0) is 0 Å². The summed E-state index contributed by atoms with van der Waals surface area (Å²) in [5, 5.41) is 3.20. The summed E-state index contributed by atoms with van der Waals surface area (Å²) < 4.78 is 0. The molecule has 2 rings (SSSR count). The molecule has 1 aromatic heterocycles. The first-order valence-electron chi connectivity index (χ1n) is 6.36. The van der Waals surface area contributed by atoms with Gasteiger partial charge in [-0.05, 0) is 13.5 Å². The standard InChI is InChI=1S/C12H21N5/c1-3-14-11-9-13-10-12(15-11)17-7-5-16(4-2)6-8-17/h9-10H,3-8H2,1-2H3,(H,14,15). The Labute approximate surface area is 103 Å². The van der Waals surface area contributed by atoms with Crippen LogP contribution in [0.3, 0.4) is 0 Å². The minimum atomic E-state index is 0.864. The van der Waals surface area contributed by atoms with E-state index >= 15 is 0 Å². The second-order valence-electron chi connectivity index (χ2n) is 4.21. The molecule has 5 heteroatoms. The minimum Gasteiger partial charge on any atom is -0.369 e. The number of piperazine rings is 1. The third kappa shape index (κ3) is 3.06. The predicted octanol–water partition coefficient (Wildman–Crippen LogP) is 1.05. The molecule has 1 N–H and O–H groups in total. The quantitative estimate of drug-likeness (QED) is 0.845. The highest BCUT2D eigenvalue weighted by atomic mass is 15.3. The van der Waals surface area contributed by atoms with Gasteiger partial charge in [0.25, 0.3) is 0 Å². The molecule has 0 atom stereocenters. The highest BCUT2D eigenvalue weighted by Crippen LogP contribution is 2.14. The van der Waals surface area contributed by atoms with Gasteiger partial charge in [0.1, 0.15) is 11.6 Å². The molecule has 1 saturated heterocycles. The molecule has 0 unspecified atom stereocenters. The number of rotatable bonds is 4. The molecule has 0 radical (unpaired) electrons. The lowest BCUT2D eigenvalue weighted by Crippen LogP contribution is -2.46. The van der Waals surface area contributed by atoms with E-state index in [1.54, 1.807) is 6.20 Å². The van der Waals surface area contributed by atoms with Crippen molar-refractivity contribution in [2.45, 2.75) is 13.8 Å². The fourth-order valence-electron chi connectivity index (χ4n) is 2.07. The number of anilines is 2. The van der Waals surface area contributed by atoms with Gasteiger partial charge in [0.2, 0.25) is 0 Å². The van der Waals surface area contributed by atoms with Gasteiger partial charge in [0.15, 0.2) is 0 Å². The fraction of sp³-hybridized carbons (Fsp3) is 0.667. The Hall–Kier alpha value is -1.36. The van der Waals surface area contributed by atoms with E-state index in [1.165, 1.54) is 0 Å². The van der Waals surface area contributed by atoms with Crippen LogP contribution >= 0.6 is 0 Å². The summed E-state index contributed by atoms with van der Waals surface area (Å²) in [5.41, 5.74) is 0. The summed E-state index contributed by atoms with van der Waals surface area (Å²) in [4.78, 5) is 13.6. The smallest absolute Gasteiger partial charge is 0.149 e. The molecular weight excluding hydrogens is 214 g/mol. The van der Waals surface area contributed by atoms with Gasteiger partial charge in [0, 0.05) is 32.7 Å². The van der Waals surface area contributed by atoms with Crippen molar-refractivity contribution < 1.29 is 0 Å². The molecule has 1 aliphatic rings. The van der Waals surface area contributed by atoms with E-state index in [4.69, 9.17) is 0 Å². The fourth-order valence-corrected chi connectivity index (χ4v) is 2.07. The van der Waals surface area contributed by atoms with Gasteiger partial charge in [-0.2, -0.15) is 0 Å². The Morgan fingerprint density at radius 3 is 2.59 bits per heavy atom. The third-order valence-electron chi connectivity index (χ3n) is 3.12. The average Bonchev–Trinajstić information content (AvgIpc) is 2.40. The summed E-state index contributed by atoms with van der Waals surface area (Å²) in [6.45, 7) is 10.6. The summed E-state index contributed by atoms with van der Waals surface area (Å²) in [7, 11) is 0. The van der Waals surface area contributed by atoms with Gasteiger partial charge in [-0.1, -0.05) is 6.92 Å². The second kappa shape index (κ2) is 5.82. The largest absolute Gasteiger partial charge is 0.369 e. The van der Waals surface area contributed by atoms with Crippen LogP contribution in [0.2, 0.25) is 0 Å². The zero-order valence-electron chi connectivity index (χ0n) is 10.7. The maximum atomic E-state index is 4.57. The average molecular weight is 235 g/mol. The molecule has 0 saturated carbocycles. The maximum absolute atomic E-state index is 4.57. The van der Waals surface area contributed by atoms with Crippen molar-refractivity contribution >= 4 is 11.6 Å². The van der Waals surface area contributed by atoms with Crippen LogP contribution in [0.4, 0.5) is 11.6 Å². The van der Waals surface area contributed by atoms with Gasteiger partial charge in [-0.15, -0.1) is 0 Å². The number of nitrogens with zero attached hydrogens (tertiary/aromatic N) is 4. The van der Waals surface area contributed by atoms with Crippen LogP contribution in [0.15, 0.2) is 12.4 Å². The maximum Gasteiger partial charge on any atom is 0.149 e.